The van der Waals surface area contributed by atoms with Gasteiger partial charge in [0.1, 0.15) is 5.82 Å². The van der Waals surface area contributed by atoms with Crippen LogP contribution >= 0.6 is 0 Å². The molecule has 2 atom stereocenters. The quantitative estimate of drug-likeness (QED) is 0.857. The van der Waals surface area contributed by atoms with Crippen LogP contribution in [0.4, 0.5) is 4.39 Å². The second kappa shape index (κ2) is 5.05. The molecule has 22 heavy (non-hydrogen) atoms. The maximum atomic E-state index is 13.0. The number of hydrogen-bond acceptors (Lipinski definition) is 2. The fourth-order valence-electron chi connectivity index (χ4n) is 4.12. The summed E-state index contributed by atoms with van der Waals surface area (Å²) < 4.78 is 13.0. The molecule has 1 amide bonds. The average molecular weight is 302 g/mol. The molecule has 2 unspecified atom stereocenters. The standard InChI is InChI=1S/C18H23FN2O/c1-18(8-9-18)20-11-15-6-7-16(12-20)21(15)17(22)10-13-2-4-14(19)5-3-13/h2-5,15-16H,6-12H2,1H3. The monoisotopic (exact) mass is 302 g/mol. The summed E-state index contributed by atoms with van der Waals surface area (Å²) in [5.41, 5.74) is 1.31. The first-order chi connectivity index (χ1) is 10.5. The van der Waals surface area contributed by atoms with E-state index in [1.165, 1.54) is 25.0 Å². The van der Waals surface area contributed by atoms with Gasteiger partial charge in [-0.1, -0.05) is 12.1 Å². The van der Waals surface area contributed by atoms with Crippen LogP contribution in [0.25, 0.3) is 0 Å². The summed E-state index contributed by atoms with van der Waals surface area (Å²) in [6.45, 7) is 4.41. The van der Waals surface area contributed by atoms with Crippen LogP contribution < -0.4 is 0 Å². The number of carbonyl (C=O) groups excluding carboxylic acids is 1. The van der Waals surface area contributed by atoms with Gasteiger partial charge in [-0.3, -0.25) is 9.69 Å². The molecule has 1 aromatic carbocycles. The Morgan fingerprint density at radius 2 is 1.77 bits per heavy atom. The van der Waals surface area contributed by atoms with Crippen molar-refractivity contribution in [1.82, 2.24) is 9.80 Å². The van der Waals surface area contributed by atoms with Crippen LogP contribution in [0.5, 0.6) is 0 Å². The molecule has 4 heteroatoms. The summed E-state index contributed by atoms with van der Waals surface area (Å²) in [5.74, 6) is -0.0396. The van der Waals surface area contributed by atoms with Crippen molar-refractivity contribution in [2.45, 2.75) is 56.7 Å². The van der Waals surface area contributed by atoms with E-state index in [4.69, 9.17) is 0 Å². The zero-order valence-corrected chi connectivity index (χ0v) is 13.1. The van der Waals surface area contributed by atoms with Crippen LogP contribution in [0, 0.1) is 5.82 Å². The molecule has 3 nitrogen and oxygen atoms in total. The maximum Gasteiger partial charge on any atom is 0.227 e. The molecule has 0 N–H and O–H groups in total. The van der Waals surface area contributed by atoms with Gasteiger partial charge < -0.3 is 4.90 Å². The van der Waals surface area contributed by atoms with Gasteiger partial charge in [-0.05, 0) is 50.3 Å². The SMILES string of the molecule is CC1(N2CC3CCC(C2)N3C(=O)Cc2ccc(F)cc2)CC1. The molecule has 3 fully saturated rings. The molecule has 2 saturated heterocycles. The Bertz CT molecular complexity index is 567. The van der Waals surface area contributed by atoms with Crippen LogP contribution in [0.1, 0.15) is 38.2 Å². The van der Waals surface area contributed by atoms with Gasteiger partial charge in [0.2, 0.25) is 5.91 Å². The molecule has 0 spiro atoms. The van der Waals surface area contributed by atoms with Crippen molar-refractivity contribution in [3.8, 4) is 0 Å². The largest absolute Gasteiger partial charge is 0.334 e. The van der Waals surface area contributed by atoms with E-state index in [1.54, 1.807) is 12.1 Å². The fraction of sp³-hybridized carbons (Fsp3) is 0.611. The van der Waals surface area contributed by atoms with Crippen molar-refractivity contribution >= 4 is 5.91 Å². The molecule has 0 radical (unpaired) electrons. The zero-order valence-electron chi connectivity index (χ0n) is 13.1. The smallest absolute Gasteiger partial charge is 0.227 e. The zero-order chi connectivity index (χ0) is 15.3. The summed E-state index contributed by atoms with van der Waals surface area (Å²) in [4.78, 5) is 17.4. The first kappa shape index (κ1) is 14.2. The Kier molecular flexibility index (Phi) is 3.26. The molecule has 3 aliphatic rings. The van der Waals surface area contributed by atoms with E-state index < -0.39 is 0 Å². The number of hydrogen-bond donors (Lipinski definition) is 0. The van der Waals surface area contributed by atoms with Gasteiger partial charge >= 0.3 is 0 Å². The number of rotatable bonds is 3. The third kappa shape index (κ3) is 2.43. The molecule has 1 saturated carbocycles. The lowest BCUT2D eigenvalue weighted by atomic mass is 10.1. The van der Waals surface area contributed by atoms with Crippen LogP contribution in [-0.4, -0.2) is 46.4 Å². The van der Waals surface area contributed by atoms with E-state index in [1.807, 2.05) is 0 Å². The minimum absolute atomic E-state index is 0.208. The first-order valence-corrected chi connectivity index (χ1v) is 8.36. The molecule has 2 aliphatic heterocycles. The molecular formula is C18H23FN2O. The minimum atomic E-state index is -0.248. The fourth-order valence-corrected chi connectivity index (χ4v) is 4.12. The number of carbonyl (C=O) groups is 1. The predicted octanol–water partition coefficient (Wildman–Crippen LogP) is 2.60. The highest BCUT2D eigenvalue weighted by atomic mass is 19.1. The van der Waals surface area contributed by atoms with E-state index in [0.29, 0.717) is 24.0 Å². The predicted molar refractivity (Wildman–Crippen MR) is 83.0 cm³/mol. The van der Waals surface area contributed by atoms with Gasteiger partial charge in [-0.15, -0.1) is 0 Å². The molecular weight excluding hydrogens is 279 g/mol. The second-order valence-corrected chi connectivity index (χ2v) is 7.39. The van der Waals surface area contributed by atoms with Crippen molar-refractivity contribution in [2.75, 3.05) is 13.1 Å². The van der Waals surface area contributed by atoms with E-state index in [2.05, 4.69) is 16.7 Å². The van der Waals surface area contributed by atoms with Crippen LogP contribution in [0.2, 0.25) is 0 Å². The molecule has 1 aromatic rings. The topological polar surface area (TPSA) is 23.6 Å². The summed E-state index contributed by atoms with van der Waals surface area (Å²) >= 11 is 0. The molecule has 118 valence electrons. The Morgan fingerprint density at radius 1 is 1.18 bits per heavy atom. The van der Waals surface area contributed by atoms with Gasteiger partial charge in [0.25, 0.3) is 0 Å². The van der Waals surface area contributed by atoms with E-state index >= 15 is 0 Å². The lowest BCUT2D eigenvalue weighted by molar-refractivity contribution is -0.137. The highest BCUT2D eigenvalue weighted by Gasteiger charge is 2.50. The number of likely N-dealkylation sites (tertiary alicyclic amines) is 1. The third-order valence-electron chi connectivity index (χ3n) is 5.78. The van der Waals surface area contributed by atoms with Crippen molar-refractivity contribution in [3.63, 3.8) is 0 Å². The Hall–Kier alpha value is -1.42. The molecule has 4 rings (SSSR count). The normalized spacial score (nSPS) is 29.6. The van der Waals surface area contributed by atoms with E-state index in [-0.39, 0.29) is 11.7 Å². The van der Waals surface area contributed by atoms with Crippen LogP contribution in [0.3, 0.4) is 0 Å². The Labute approximate surface area is 131 Å². The highest BCUT2D eigenvalue weighted by molar-refractivity contribution is 5.80. The highest BCUT2D eigenvalue weighted by Crippen LogP contribution is 2.45. The average Bonchev–Trinajstić information content (AvgIpc) is 3.19. The van der Waals surface area contributed by atoms with Gasteiger partial charge in [-0.25, -0.2) is 4.39 Å². The number of nitrogens with zero attached hydrogens (tertiary/aromatic N) is 2. The summed E-state index contributed by atoms with van der Waals surface area (Å²) in [7, 11) is 0. The first-order valence-electron chi connectivity index (χ1n) is 8.36. The second-order valence-electron chi connectivity index (χ2n) is 7.39. The molecule has 0 aromatic heterocycles. The minimum Gasteiger partial charge on any atom is -0.334 e. The van der Waals surface area contributed by atoms with Crippen LogP contribution in [-0.2, 0) is 11.2 Å². The lowest BCUT2D eigenvalue weighted by Crippen LogP contribution is -2.58. The lowest BCUT2D eigenvalue weighted by Gasteiger charge is -2.44. The van der Waals surface area contributed by atoms with Gasteiger partial charge in [-0.2, -0.15) is 0 Å². The number of piperazine rings is 1. The van der Waals surface area contributed by atoms with Gasteiger partial charge in [0.05, 0.1) is 6.42 Å². The summed E-state index contributed by atoms with van der Waals surface area (Å²) in [6.07, 6.45) is 5.26. The summed E-state index contributed by atoms with van der Waals surface area (Å²) in [5, 5.41) is 0. The van der Waals surface area contributed by atoms with Crippen molar-refractivity contribution in [3.05, 3.63) is 35.6 Å². The van der Waals surface area contributed by atoms with Crippen molar-refractivity contribution in [2.24, 2.45) is 0 Å². The Balaban J connectivity index is 1.44. The molecule has 2 bridgehead atoms. The number of halogens is 1. The number of amides is 1. The third-order valence-corrected chi connectivity index (χ3v) is 5.78. The van der Waals surface area contributed by atoms with E-state index in [0.717, 1.165) is 31.5 Å². The van der Waals surface area contributed by atoms with Crippen molar-refractivity contribution < 1.29 is 9.18 Å². The van der Waals surface area contributed by atoms with Gasteiger partial charge in [0, 0.05) is 30.7 Å². The maximum absolute atomic E-state index is 13.0. The van der Waals surface area contributed by atoms with E-state index in [9.17, 15) is 9.18 Å². The van der Waals surface area contributed by atoms with Crippen LogP contribution in [0.15, 0.2) is 24.3 Å². The molecule has 1 aliphatic carbocycles. The molecule has 2 heterocycles. The number of benzene rings is 1. The summed E-state index contributed by atoms with van der Waals surface area (Å²) in [6, 6.07) is 7.06. The van der Waals surface area contributed by atoms with Crippen molar-refractivity contribution in [1.29, 1.82) is 0 Å². The Morgan fingerprint density at radius 3 is 2.32 bits per heavy atom. The van der Waals surface area contributed by atoms with Gasteiger partial charge in [0.15, 0.2) is 0 Å². The number of fused-ring (bicyclic) bond motifs is 2.